The molecule has 90 heavy (non-hydrogen) atoms. The van der Waals surface area contributed by atoms with Crippen LogP contribution in [0.15, 0.2) is 303 Å². The zero-order valence-corrected chi connectivity index (χ0v) is 51.8. The van der Waals surface area contributed by atoms with Crippen molar-refractivity contribution in [3.63, 3.8) is 0 Å². The zero-order valence-electron chi connectivity index (χ0n) is 51.8. The summed E-state index contributed by atoms with van der Waals surface area (Å²) in [6.07, 6.45) is 0. The molecule has 0 N–H and O–H groups in total. The first-order valence-corrected chi connectivity index (χ1v) is 31.7. The van der Waals surface area contributed by atoms with Gasteiger partial charge in [-0.1, -0.05) is 284 Å². The number of aromatic nitrogens is 1. The number of hydrogen-bond acceptors (Lipinski definition) is 2. The Labute approximate surface area is 529 Å². The highest BCUT2D eigenvalue weighted by atomic mass is 15.2. The van der Waals surface area contributed by atoms with Crippen LogP contribution < -0.4 is 26.2 Å². The molecule has 2 aliphatic rings. The van der Waals surface area contributed by atoms with E-state index in [4.69, 9.17) is 0 Å². The van der Waals surface area contributed by atoms with Crippen LogP contribution in [0.5, 0.6) is 0 Å². The Morgan fingerprint density at radius 1 is 0.267 bits per heavy atom. The lowest BCUT2D eigenvalue weighted by atomic mass is 9.33. The maximum absolute atomic E-state index is 2.69. The number of nitrogens with zero attached hydrogens (tertiary/aromatic N) is 3. The van der Waals surface area contributed by atoms with Gasteiger partial charge >= 0.3 is 0 Å². The molecule has 1 aromatic heterocycles. The highest BCUT2D eigenvalue weighted by Gasteiger charge is 2.46. The number of anilines is 6. The van der Waals surface area contributed by atoms with Gasteiger partial charge in [-0.25, -0.2) is 0 Å². The third-order valence-electron chi connectivity index (χ3n) is 18.9. The molecule has 0 unspecified atom stereocenters. The van der Waals surface area contributed by atoms with Crippen LogP contribution in [-0.4, -0.2) is 11.3 Å². The van der Waals surface area contributed by atoms with Crippen molar-refractivity contribution >= 4 is 79.0 Å². The van der Waals surface area contributed by atoms with E-state index in [9.17, 15) is 0 Å². The summed E-state index contributed by atoms with van der Waals surface area (Å²) in [4.78, 5) is 5.35. The molecule has 0 aliphatic carbocycles. The topological polar surface area (TPSA) is 11.4 Å². The molecule has 0 radical (unpaired) electrons. The van der Waals surface area contributed by atoms with Crippen molar-refractivity contribution in [3.8, 4) is 72.4 Å². The standard InChI is InChI=1S/C86H68BN3/c1-85(2,3)65-46-43-58(44-47-65)64-52-80-82-81(53-64)90(84-72(61-33-18-10-19-34-61)54-66(86(4,5)6)55-73(84)62-35-20-11-21-36-62)79-50-48-67(88-76-41-24-22-37-70(76)71-38-23-25-42-77(71)88)56-75(79)87(82)74-51-63(57-27-12-7-13-28-57)45-49-78(74)89(80)83-68(59-29-14-8-15-30-59)39-26-40-69(83)60-31-16-9-17-32-60/h7-56H,1-6H3. The maximum Gasteiger partial charge on any atom is 0.252 e. The van der Waals surface area contributed by atoms with E-state index in [1.165, 1.54) is 71.6 Å². The first kappa shape index (κ1) is 54.7. The average Bonchev–Trinajstić information content (AvgIpc) is 0.809. The molecular weight excluding hydrogens is 1090 g/mol. The van der Waals surface area contributed by atoms with Crippen LogP contribution in [0, 0.1) is 0 Å². The molecule has 0 bridgehead atoms. The van der Waals surface area contributed by atoms with Gasteiger partial charge < -0.3 is 14.4 Å². The van der Waals surface area contributed by atoms with Gasteiger partial charge in [-0.2, -0.15) is 0 Å². The normalized spacial score (nSPS) is 12.7. The minimum Gasteiger partial charge on any atom is -0.310 e. The van der Waals surface area contributed by atoms with Crippen molar-refractivity contribution in [3.05, 3.63) is 314 Å². The van der Waals surface area contributed by atoms with E-state index < -0.39 is 0 Å². The summed E-state index contributed by atoms with van der Waals surface area (Å²) in [7, 11) is 0. The van der Waals surface area contributed by atoms with Gasteiger partial charge in [0.2, 0.25) is 0 Å². The molecule has 430 valence electrons. The summed E-state index contributed by atoms with van der Waals surface area (Å²) in [5, 5.41) is 2.47. The second-order valence-corrected chi connectivity index (χ2v) is 26.4. The molecule has 0 amide bonds. The van der Waals surface area contributed by atoms with E-state index in [0.717, 1.165) is 84.3 Å². The summed E-state index contributed by atoms with van der Waals surface area (Å²) >= 11 is 0. The third kappa shape index (κ3) is 9.20. The van der Waals surface area contributed by atoms with Crippen LogP contribution in [0.1, 0.15) is 52.7 Å². The molecule has 0 atom stereocenters. The lowest BCUT2D eigenvalue weighted by Gasteiger charge is -2.46. The lowest BCUT2D eigenvalue weighted by molar-refractivity contribution is 0.590. The van der Waals surface area contributed by atoms with Crippen LogP contribution in [-0.2, 0) is 10.8 Å². The lowest BCUT2D eigenvalue weighted by Crippen LogP contribution is -2.61. The summed E-state index contributed by atoms with van der Waals surface area (Å²) < 4.78 is 2.50. The second kappa shape index (κ2) is 21.6. The molecule has 0 fully saturated rings. The SMILES string of the molecule is CC(C)(C)c1ccc(-c2cc3c4c(c2)N(c2c(-c5ccccc5)cc(C(C)(C)C)cc2-c2ccccc2)c2ccc(-n5c6ccccc6c6ccccc65)cc2B4c2cc(-c4ccccc4)ccc2N3c2c(-c3ccccc3)cccc2-c2ccccc2)cc1. The van der Waals surface area contributed by atoms with Gasteiger partial charge in [-0.15, -0.1) is 0 Å². The summed E-state index contributed by atoms with van der Waals surface area (Å²) in [5.41, 5.74) is 30.3. The van der Waals surface area contributed by atoms with Gasteiger partial charge in [0.15, 0.2) is 0 Å². The van der Waals surface area contributed by atoms with Crippen LogP contribution in [0.25, 0.3) is 94.3 Å². The van der Waals surface area contributed by atoms with Gasteiger partial charge in [0, 0.05) is 61.5 Å². The quantitative estimate of drug-likeness (QED) is 0.133. The summed E-state index contributed by atoms with van der Waals surface area (Å²) in [6.45, 7) is 13.7. The van der Waals surface area contributed by atoms with E-state index in [0.29, 0.717) is 0 Å². The van der Waals surface area contributed by atoms with Crippen LogP contribution in [0.2, 0.25) is 0 Å². The van der Waals surface area contributed by atoms with Crippen molar-refractivity contribution in [1.82, 2.24) is 4.57 Å². The highest BCUT2D eigenvalue weighted by molar-refractivity contribution is 7.00. The zero-order chi connectivity index (χ0) is 60.8. The molecule has 0 spiro atoms. The van der Waals surface area contributed by atoms with E-state index in [1.807, 2.05) is 0 Å². The fraction of sp³-hybridized carbons (Fsp3) is 0.0930. The molecule has 3 heterocycles. The smallest absolute Gasteiger partial charge is 0.252 e. The van der Waals surface area contributed by atoms with E-state index in [1.54, 1.807) is 0 Å². The number of fused-ring (bicyclic) bond motifs is 7. The molecule has 14 aromatic rings. The van der Waals surface area contributed by atoms with Crippen molar-refractivity contribution in [1.29, 1.82) is 0 Å². The van der Waals surface area contributed by atoms with Gasteiger partial charge in [0.25, 0.3) is 6.71 Å². The Balaban J connectivity index is 1.11. The fourth-order valence-corrected chi connectivity index (χ4v) is 14.4. The number of para-hydroxylation sites is 3. The highest BCUT2D eigenvalue weighted by Crippen LogP contribution is 2.55. The maximum atomic E-state index is 2.69. The molecule has 4 heteroatoms. The van der Waals surface area contributed by atoms with E-state index in [2.05, 4.69) is 359 Å². The van der Waals surface area contributed by atoms with Crippen molar-refractivity contribution < 1.29 is 0 Å². The number of hydrogen-bond donors (Lipinski definition) is 0. The minimum atomic E-state index is -0.236. The van der Waals surface area contributed by atoms with Gasteiger partial charge in [-0.05, 0) is 144 Å². The summed E-state index contributed by atoms with van der Waals surface area (Å²) in [6, 6.07) is 114. The minimum absolute atomic E-state index is 0.0266. The van der Waals surface area contributed by atoms with Crippen molar-refractivity contribution in [2.24, 2.45) is 0 Å². The van der Waals surface area contributed by atoms with Crippen molar-refractivity contribution in [2.45, 2.75) is 52.4 Å². The average molecular weight is 1150 g/mol. The molecular formula is C86H68BN3. The molecule has 0 saturated carbocycles. The van der Waals surface area contributed by atoms with Crippen LogP contribution >= 0.6 is 0 Å². The molecule has 13 aromatic carbocycles. The molecule has 3 nitrogen and oxygen atoms in total. The molecule has 16 rings (SSSR count). The van der Waals surface area contributed by atoms with Crippen LogP contribution in [0.4, 0.5) is 34.1 Å². The van der Waals surface area contributed by atoms with E-state index in [-0.39, 0.29) is 17.5 Å². The largest absolute Gasteiger partial charge is 0.310 e. The Morgan fingerprint density at radius 3 is 1.13 bits per heavy atom. The molecule has 0 saturated heterocycles. The van der Waals surface area contributed by atoms with Crippen LogP contribution in [0.3, 0.4) is 0 Å². The third-order valence-corrected chi connectivity index (χ3v) is 18.9. The predicted octanol–water partition coefficient (Wildman–Crippen LogP) is 21.5. The van der Waals surface area contributed by atoms with Gasteiger partial charge in [-0.3, -0.25) is 0 Å². The number of rotatable bonds is 9. The molecule has 2 aliphatic heterocycles. The predicted molar refractivity (Wildman–Crippen MR) is 385 cm³/mol. The van der Waals surface area contributed by atoms with Crippen molar-refractivity contribution in [2.75, 3.05) is 9.80 Å². The Morgan fingerprint density at radius 2 is 0.656 bits per heavy atom. The first-order valence-electron chi connectivity index (χ1n) is 31.7. The van der Waals surface area contributed by atoms with Gasteiger partial charge in [0.05, 0.1) is 22.4 Å². The van der Waals surface area contributed by atoms with E-state index >= 15 is 0 Å². The first-order chi connectivity index (χ1) is 43.9. The summed E-state index contributed by atoms with van der Waals surface area (Å²) in [5.74, 6) is 0. The fourth-order valence-electron chi connectivity index (χ4n) is 14.4. The monoisotopic (exact) mass is 1150 g/mol. The Kier molecular flexibility index (Phi) is 13.1. The number of benzene rings is 13. The Bertz CT molecular complexity index is 4890. The second-order valence-electron chi connectivity index (χ2n) is 26.4. The Hall–Kier alpha value is -10.7. The van der Waals surface area contributed by atoms with Gasteiger partial charge in [0.1, 0.15) is 0 Å².